The Balaban J connectivity index is 2.63. The second-order valence-corrected chi connectivity index (χ2v) is 3.45. The second kappa shape index (κ2) is 5.44. The molecule has 0 bridgehead atoms. The van der Waals surface area contributed by atoms with Crippen LogP contribution in [-0.2, 0) is 4.79 Å². The summed E-state index contributed by atoms with van der Waals surface area (Å²) in [5, 5.41) is 11.4. The maximum Gasteiger partial charge on any atom is 0.308 e. The van der Waals surface area contributed by atoms with Gasteiger partial charge in [0.15, 0.2) is 0 Å². The lowest BCUT2D eigenvalue weighted by molar-refractivity contribution is -0.141. The molecule has 1 aromatic carbocycles. The fourth-order valence-corrected chi connectivity index (χ4v) is 1.27. The molecule has 1 aromatic rings. The zero-order valence-electron chi connectivity index (χ0n) is 8.84. The lowest BCUT2D eigenvalue weighted by atomic mass is 10.1. The molecular weight excluding hydrogens is 216 g/mol. The number of carbonyl (C=O) groups is 1. The van der Waals surface area contributed by atoms with E-state index in [2.05, 4.69) is 5.32 Å². The van der Waals surface area contributed by atoms with Crippen LogP contribution in [0.1, 0.15) is 13.3 Å². The van der Waals surface area contributed by atoms with Gasteiger partial charge in [0, 0.05) is 12.6 Å². The van der Waals surface area contributed by atoms with Crippen molar-refractivity contribution in [2.75, 3.05) is 11.9 Å². The van der Waals surface area contributed by atoms with Crippen LogP contribution >= 0.6 is 0 Å². The van der Waals surface area contributed by atoms with Crippen LogP contribution in [0.15, 0.2) is 18.2 Å². The molecule has 2 N–H and O–H groups in total. The van der Waals surface area contributed by atoms with Gasteiger partial charge in [-0.05, 0) is 18.6 Å². The van der Waals surface area contributed by atoms with Crippen LogP contribution < -0.4 is 5.32 Å². The van der Waals surface area contributed by atoms with Crippen LogP contribution in [0, 0.1) is 17.6 Å². The number of benzene rings is 1. The molecule has 0 saturated carbocycles. The zero-order chi connectivity index (χ0) is 12.1. The molecule has 3 nitrogen and oxygen atoms in total. The molecule has 0 radical (unpaired) electrons. The summed E-state index contributed by atoms with van der Waals surface area (Å²) < 4.78 is 25.7. The third-order valence-electron chi connectivity index (χ3n) is 2.31. The Morgan fingerprint density at radius 3 is 2.69 bits per heavy atom. The van der Waals surface area contributed by atoms with Gasteiger partial charge in [-0.25, -0.2) is 8.78 Å². The van der Waals surface area contributed by atoms with Crippen LogP contribution in [0.2, 0.25) is 0 Å². The molecule has 0 aliphatic rings. The Hall–Kier alpha value is -1.65. The standard InChI is InChI=1S/C11H13F2NO2/c1-2-7(11(15)16)6-14-10-4-3-8(12)5-9(10)13/h3-5,7,14H,2,6H2,1H3,(H,15,16). The van der Waals surface area contributed by atoms with Crippen molar-refractivity contribution in [3.8, 4) is 0 Å². The Bertz CT molecular complexity index is 382. The first kappa shape index (κ1) is 12.4. The van der Waals surface area contributed by atoms with Gasteiger partial charge in [0.25, 0.3) is 0 Å². The number of nitrogens with one attached hydrogen (secondary N) is 1. The van der Waals surface area contributed by atoms with Crippen molar-refractivity contribution in [1.82, 2.24) is 0 Å². The molecule has 0 aliphatic heterocycles. The van der Waals surface area contributed by atoms with Gasteiger partial charge in [-0.15, -0.1) is 0 Å². The van der Waals surface area contributed by atoms with Gasteiger partial charge in [0.05, 0.1) is 11.6 Å². The smallest absolute Gasteiger partial charge is 0.308 e. The zero-order valence-corrected chi connectivity index (χ0v) is 8.84. The quantitative estimate of drug-likeness (QED) is 0.815. The van der Waals surface area contributed by atoms with Crippen LogP contribution in [-0.4, -0.2) is 17.6 Å². The largest absolute Gasteiger partial charge is 0.481 e. The number of hydrogen-bond donors (Lipinski definition) is 2. The summed E-state index contributed by atoms with van der Waals surface area (Å²) in [6.07, 6.45) is 0.450. The van der Waals surface area contributed by atoms with Crippen molar-refractivity contribution >= 4 is 11.7 Å². The first-order valence-corrected chi connectivity index (χ1v) is 4.96. The molecule has 16 heavy (non-hydrogen) atoms. The van der Waals surface area contributed by atoms with Gasteiger partial charge in [-0.1, -0.05) is 6.92 Å². The monoisotopic (exact) mass is 229 g/mol. The lowest BCUT2D eigenvalue weighted by Crippen LogP contribution is -2.22. The number of halogens is 2. The topological polar surface area (TPSA) is 49.3 Å². The van der Waals surface area contributed by atoms with Crippen molar-refractivity contribution in [1.29, 1.82) is 0 Å². The molecule has 0 saturated heterocycles. The van der Waals surface area contributed by atoms with Crippen molar-refractivity contribution in [2.45, 2.75) is 13.3 Å². The third-order valence-corrected chi connectivity index (χ3v) is 2.31. The van der Waals surface area contributed by atoms with Gasteiger partial charge < -0.3 is 10.4 Å². The molecule has 1 rings (SSSR count). The maximum absolute atomic E-state index is 13.2. The van der Waals surface area contributed by atoms with Gasteiger partial charge in [-0.2, -0.15) is 0 Å². The van der Waals surface area contributed by atoms with E-state index in [1.54, 1.807) is 6.92 Å². The van der Waals surface area contributed by atoms with Crippen LogP contribution in [0.25, 0.3) is 0 Å². The normalized spacial score (nSPS) is 12.2. The Kier molecular flexibility index (Phi) is 4.22. The van der Waals surface area contributed by atoms with E-state index in [0.717, 1.165) is 12.1 Å². The highest BCUT2D eigenvalue weighted by atomic mass is 19.1. The molecule has 0 heterocycles. The molecule has 0 amide bonds. The summed E-state index contributed by atoms with van der Waals surface area (Å²) in [6.45, 7) is 1.86. The number of aliphatic carboxylic acids is 1. The summed E-state index contributed by atoms with van der Waals surface area (Å²) in [5.74, 6) is -2.89. The van der Waals surface area contributed by atoms with Gasteiger partial charge in [-0.3, -0.25) is 4.79 Å². The molecule has 5 heteroatoms. The minimum atomic E-state index is -0.933. The summed E-state index contributed by atoms with van der Waals surface area (Å²) in [5.41, 5.74) is 0.112. The Morgan fingerprint density at radius 1 is 1.50 bits per heavy atom. The minimum Gasteiger partial charge on any atom is -0.481 e. The molecule has 88 valence electrons. The van der Waals surface area contributed by atoms with Crippen molar-refractivity contribution in [3.63, 3.8) is 0 Å². The van der Waals surface area contributed by atoms with Crippen LogP contribution in [0.5, 0.6) is 0 Å². The van der Waals surface area contributed by atoms with E-state index in [4.69, 9.17) is 5.11 Å². The molecule has 0 spiro atoms. The summed E-state index contributed by atoms with van der Waals surface area (Å²) in [4.78, 5) is 10.7. The van der Waals surface area contributed by atoms with E-state index in [0.29, 0.717) is 6.42 Å². The predicted octanol–water partition coefficient (Wildman–Crippen LogP) is 2.49. The first-order valence-electron chi connectivity index (χ1n) is 4.96. The van der Waals surface area contributed by atoms with Crippen LogP contribution in [0.4, 0.5) is 14.5 Å². The van der Waals surface area contributed by atoms with Crippen molar-refractivity contribution in [3.05, 3.63) is 29.8 Å². The number of anilines is 1. The number of carboxylic acid groups (broad SMARTS) is 1. The highest BCUT2D eigenvalue weighted by Crippen LogP contribution is 2.15. The highest BCUT2D eigenvalue weighted by molar-refractivity contribution is 5.70. The fraction of sp³-hybridized carbons (Fsp3) is 0.364. The lowest BCUT2D eigenvalue weighted by Gasteiger charge is -2.12. The molecule has 1 unspecified atom stereocenters. The van der Waals surface area contributed by atoms with E-state index in [1.165, 1.54) is 6.07 Å². The summed E-state index contributed by atoms with van der Waals surface area (Å²) in [6, 6.07) is 3.12. The van der Waals surface area contributed by atoms with Gasteiger partial charge >= 0.3 is 5.97 Å². The molecule has 0 fully saturated rings. The predicted molar refractivity (Wildman–Crippen MR) is 56.3 cm³/mol. The van der Waals surface area contributed by atoms with E-state index in [9.17, 15) is 13.6 Å². The van der Waals surface area contributed by atoms with E-state index < -0.39 is 23.5 Å². The Labute approximate surface area is 92.1 Å². The van der Waals surface area contributed by atoms with Crippen LogP contribution in [0.3, 0.4) is 0 Å². The van der Waals surface area contributed by atoms with E-state index in [1.807, 2.05) is 0 Å². The third kappa shape index (κ3) is 3.18. The first-order chi connectivity index (χ1) is 7.54. The van der Waals surface area contributed by atoms with E-state index in [-0.39, 0.29) is 12.2 Å². The Morgan fingerprint density at radius 2 is 2.19 bits per heavy atom. The highest BCUT2D eigenvalue weighted by Gasteiger charge is 2.15. The van der Waals surface area contributed by atoms with Crippen molar-refractivity contribution in [2.24, 2.45) is 5.92 Å². The van der Waals surface area contributed by atoms with Crippen molar-refractivity contribution < 1.29 is 18.7 Å². The minimum absolute atomic E-state index is 0.112. The van der Waals surface area contributed by atoms with Gasteiger partial charge in [0.1, 0.15) is 11.6 Å². The maximum atomic E-state index is 13.2. The van der Waals surface area contributed by atoms with E-state index >= 15 is 0 Å². The fourth-order valence-electron chi connectivity index (χ4n) is 1.27. The number of carboxylic acids is 1. The molecular formula is C11H13F2NO2. The summed E-state index contributed by atoms with van der Waals surface area (Å²) in [7, 11) is 0. The number of rotatable bonds is 5. The average Bonchev–Trinajstić information content (AvgIpc) is 2.21. The summed E-state index contributed by atoms with van der Waals surface area (Å²) >= 11 is 0. The average molecular weight is 229 g/mol. The van der Waals surface area contributed by atoms with Gasteiger partial charge in [0.2, 0.25) is 0 Å². The molecule has 0 aliphatic carbocycles. The molecule has 1 atom stereocenters. The number of hydrogen-bond acceptors (Lipinski definition) is 2. The molecule has 0 aromatic heterocycles. The SMILES string of the molecule is CCC(CNc1ccc(F)cc1F)C(=O)O. The second-order valence-electron chi connectivity index (χ2n) is 3.45.